The molecule has 2 aromatic carbocycles. The van der Waals surface area contributed by atoms with Gasteiger partial charge in [-0.3, -0.25) is 28.9 Å². The second-order valence-corrected chi connectivity index (χ2v) is 22.7. The molecule has 0 unspecified atom stereocenters. The van der Waals surface area contributed by atoms with E-state index < -0.39 is 35.4 Å². The molecule has 20 nitrogen and oxygen atoms in total. The number of anilines is 1. The van der Waals surface area contributed by atoms with Crippen molar-refractivity contribution in [1.82, 2.24) is 35.2 Å². The van der Waals surface area contributed by atoms with Crippen molar-refractivity contribution >= 4 is 58.2 Å². The topological polar surface area (TPSA) is 234 Å². The van der Waals surface area contributed by atoms with Crippen molar-refractivity contribution < 1.29 is 57.9 Å². The van der Waals surface area contributed by atoms with Crippen LogP contribution >= 0.6 is 22.9 Å². The molecule has 1 aliphatic carbocycles. The molecule has 7 rings (SSSR count). The summed E-state index contributed by atoms with van der Waals surface area (Å²) in [6, 6.07) is 9.66. The first-order valence-corrected chi connectivity index (χ1v) is 27.8. The first-order valence-electron chi connectivity index (χ1n) is 26.6. The maximum Gasteiger partial charge on any atom is 0.246 e. The number of piperazine rings is 1. The summed E-state index contributed by atoms with van der Waals surface area (Å²) in [5.74, 6) is -1.37. The number of aryl methyl sites for hydroxylation is 1. The lowest BCUT2D eigenvalue weighted by molar-refractivity contribution is -0.144. The standard InChI is InChI=1S/C55H77ClN8O12S/c1-37-50(77-36-59-37)39-10-8-38(9-11-39)30-58-52(70)45-27-41(65)34-64(45)53(71)51(54(2,3)4)60-47(67)35-76-26-25-75-24-23-74-22-21-73-20-19-72-18-6-7-48(68)63-32-40(33-63)61-14-16-62(17-15-61)49(69)31-57-44-28-42(55(5)12-13-55)43(56)29-46(44)66/h6-11,28-29,36,40-41,45,51,57,65-66H,12-27,30-35H2,1-5H3,(H,58,70)(H,60,67)/b7-6+/t41-,45+,51-/m1/s1. The minimum atomic E-state index is -0.973. The third-order valence-corrected chi connectivity index (χ3v) is 15.7. The highest BCUT2D eigenvalue weighted by Gasteiger charge is 2.45. The molecule has 3 atom stereocenters. The monoisotopic (exact) mass is 1110 g/mol. The van der Waals surface area contributed by atoms with Gasteiger partial charge in [0.15, 0.2) is 0 Å². The van der Waals surface area contributed by atoms with E-state index in [1.807, 2.05) is 68.4 Å². The number of carbonyl (C=O) groups is 5. The van der Waals surface area contributed by atoms with E-state index in [1.54, 1.807) is 28.4 Å². The summed E-state index contributed by atoms with van der Waals surface area (Å²) < 4.78 is 27.7. The third kappa shape index (κ3) is 17.1. The number of nitrogens with zero attached hydrogens (tertiary/aromatic N) is 5. The van der Waals surface area contributed by atoms with Gasteiger partial charge in [-0.05, 0) is 53.4 Å². The summed E-state index contributed by atoms with van der Waals surface area (Å²) in [4.78, 5) is 78.7. The number of carbonyl (C=O) groups excluding carboxylic acids is 5. The Kier molecular flexibility index (Phi) is 21.7. The van der Waals surface area contributed by atoms with Gasteiger partial charge in [-0.15, -0.1) is 11.3 Å². The van der Waals surface area contributed by atoms with Crippen molar-refractivity contribution in [2.75, 3.05) is 124 Å². The fraction of sp³-hybridized carbons (Fsp3) is 0.600. The number of rotatable bonds is 28. The number of ether oxygens (including phenoxy) is 5. The number of hydrogen-bond donors (Lipinski definition) is 5. The molecular formula is C55H77ClN8O12S. The molecule has 22 heteroatoms. The fourth-order valence-corrected chi connectivity index (χ4v) is 10.6. The lowest BCUT2D eigenvalue weighted by Gasteiger charge is -2.47. The highest BCUT2D eigenvalue weighted by Crippen LogP contribution is 2.51. The fourth-order valence-electron chi connectivity index (χ4n) is 9.44. The number of nitrogens with one attached hydrogen (secondary N) is 3. The molecule has 1 saturated carbocycles. The molecule has 3 saturated heterocycles. The van der Waals surface area contributed by atoms with E-state index in [1.165, 1.54) is 11.0 Å². The van der Waals surface area contributed by atoms with Crippen LogP contribution in [0.2, 0.25) is 5.02 Å². The van der Waals surface area contributed by atoms with E-state index in [0.717, 1.165) is 53.2 Å². The van der Waals surface area contributed by atoms with Crippen LogP contribution in [0.15, 0.2) is 54.1 Å². The molecule has 422 valence electrons. The number of likely N-dealkylation sites (tertiary alicyclic amines) is 2. The number of aliphatic hydroxyl groups is 1. The molecular weight excluding hydrogens is 1030 g/mol. The Morgan fingerprint density at radius 3 is 2.13 bits per heavy atom. The number of aromatic nitrogens is 1. The molecule has 0 spiro atoms. The molecule has 0 radical (unpaired) electrons. The number of phenolic OH excluding ortho intramolecular Hbond substituents is 1. The zero-order valence-corrected chi connectivity index (χ0v) is 46.6. The summed E-state index contributed by atoms with van der Waals surface area (Å²) in [6.07, 6.45) is 4.56. The van der Waals surface area contributed by atoms with Crippen LogP contribution in [0.1, 0.15) is 63.8 Å². The molecule has 3 aromatic rings. The van der Waals surface area contributed by atoms with Crippen LogP contribution < -0.4 is 16.0 Å². The lowest BCUT2D eigenvalue weighted by atomic mass is 9.85. The maximum atomic E-state index is 13.9. The molecule has 0 bridgehead atoms. The van der Waals surface area contributed by atoms with Gasteiger partial charge in [0.05, 0.1) is 93.9 Å². The van der Waals surface area contributed by atoms with Gasteiger partial charge in [-0.1, -0.05) is 69.6 Å². The number of hydrogen-bond acceptors (Lipinski definition) is 16. The van der Waals surface area contributed by atoms with Crippen molar-refractivity contribution in [3.05, 3.63) is 75.9 Å². The van der Waals surface area contributed by atoms with Crippen molar-refractivity contribution in [2.45, 2.75) is 90.1 Å². The SMILES string of the molecule is Cc1ncsc1-c1ccc(CNC(=O)[C@@H]2C[C@@H](O)CN2C(=O)[C@@H](NC(=O)COCCOCCOCCOCCOC/C=C/C(=O)N2CC(N3CCN(C(=O)CNc4cc(C5(C)CC5)c(Cl)cc4O)CC3)C2)C(C)(C)C)cc1. The lowest BCUT2D eigenvalue weighted by Crippen LogP contribution is -2.64. The molecule has 5 N–H and O–H groups in total. The van der Waals surface area contributed by atoms with E-state index in [2.05, 4.69) is 32.8 Å². The predicted molar refractivity (Wildman–Crippen MR) is 292 cm³/mol. The van der Waals surface area contributed by atoms with Crippen LogP contribution in [-0.2, 0) is 59.6 Å². The van der Waals surface area contributed by atoms with Crippen molar-refractivity contribution in [2.24, 2.45) is 5.41 Å². The molecule has 4 fully saturated rings. The van der Waals surface area contributed by atoms with Gasteiger partial charge >= 0.3 is 0 Å². The molecule has 77 heavy (non-hydrogen) atoms. The summed E-state index contributed by atoms with van der Waals surface area (Å²) >= 11 is 7.96. The zero-order valence-electron chi connectivity index (χ0n) is 45.1. The van der Waals surface area contributed by atoms with E-state index >= 15 is 0 Å². The molecule has 4 heterocycles. The first kappa shape index (κ1) is 59.4. The highest BCUT2D eigenvalue weighted by atomic mass is 35.5. The Morgan fingerprint density at radius 1 is 0.883 bits per heavy atom. The minimum Gasteiger partial charge on any atom is -0.506 e. The summed E-state index contributed by atoms with van der Waals surface area (Å²) in [5, 5.41) is 30.3. The Bertz CT molecular complexity index is 2490. The Morgan fingerprint density at radius 2 is 1.52 bits per heavy atom. The normalized spacial score (nSPS) is 19.1. The van der Waals surface area contributed by atoms with E-state index in [9.17, 15) is 34.2 Å². The second-order valence-electron chi connectivity index (χ2n) is 21.4. The average Bonchev–Trinajstić information content (AvgIpc) is 3.91. The number of benzene rings is 2. The Hall–Kier alpha value is -5.23. The van der Waals surface area contributed by atoms with Gasteiger partial charge < -0.3 is 64.5 Å². The van der Waals surface area contributed by atoms with Crippen molar-refractivity contribution in [1.29, 1.82) is 0 Å². The molecule has 5 amide bonds. The van der Waals surface area contributed by atoms with Gasteiger partial charge in [-0.2, -0.15) is 0 Å². The van der Waals surface area contributed by atoms with E-state index in [0.29, 0.717) is 76.5 Å². The van der Waals surface area contributed by atoms with Crippen LogP contribution in [0.25, 0.3) is 10.4 Å². The van der Waals surface area contributed by atoms with E-state index in [4.69, 9.17) is 35.3 Å². The van der Waals surface area contributed by atoms with Gasteiger partial charge in [0.2, 0.25) is 29.5 Å². The number of β-amino-alcohol motifs (C(OH)–C–C–N with tert-alkyl or cyclic N) is 1. The summed E-state index contributed by atoms with van der Waals surface area (Å²) in [5.41, 5.74) is 5.54. The molecule has 4 aliphatic rings. The first-order chi connectivity index (χ1) is 36.9. The number of phenols is 1. The van der Waals surface area contributed by atoms with Gasteiger partial charge in [0, 0.05) is 82.0 Å². The van der Waals surface area contributed by atoms with Crippen molar-refractivity contribution in [3.8, 4) is 16.2 Å². The number of aromatic hydroxyl groups is 1. The summed E-state index contributed by atoms with van der Waals surface area (Å²) in [7, 11) is 0. The smallest absolute Gasteiger partial charge is 0.246 e. The highest BCUT2D eigenvalue weighted by molar-refractivity contribution is 7.13. The number of thiazole rings is 1. The third-order valence-electron chi connectivity index (χ3n) is 14.4. The second kappa shape index (κ2) is 28.1. The van der Waals surface area contributed by atoms with Gasteiger partial charge in [-0.25, -0.2) is 4.98 Å². The average molecular weight is 1110 g/mol. The van der Waals surface area contributed by atoms with Gasteiger partial charge in [0.1, 0.15) is 24.4 Å². The largest absolute Gasteiger partial charge is 0.506 e. The quantitative estimate of drug-likeness (QED) is 0.0396. The molecule has 1 aromatic heterocycles. The van der Waals surface area contributed by atoms with Crippen molar-refractivity contribution in [3.63, 3.8) is 0 Å². The Labute approximate surface area is 460 Å². The minimum absolute atomic E-state index is 0.0235. The van der Waals surface area contributed by atoms with Crippen LogP contribution in [0.4, 0.5) is 5.69 Å². The van der Waals surface area contributed by atoms with Crippen LogP contribution in [0.3, 0.4) is 0 Å². The van der Waals surface area contributed by atoms with E-state index in [-0.39, 0.29) is 87.4 Å². The van der Waals surface area contributed by atoms with Crippen LogP contribution in [-0.4, -0.2) is 207 Å². The van der Waals surface area contributed by atoms with Crippen LogP contribution in [0.5, 0.6) is 5.75 Å². The van der Waals surface area contributed by atoms with Crippen LogP contribution in [0, 0.1) is 12.3 Å². The Balaban J connectivity index is 0.656. The summed E-state index contributed by atoms with van der Waals surface area (Å²) in [6.45, 7) is 16.4. The number of halogens is 1. The zero-order chi connectivity index (χ0) is 55.1. The maximum absolute atomic E-state index is 13.9. The number of aliphatic hydroxyl groups excluding tert-OH is 1. The van der Waals surface area contributed by atoms with Gasteiger partial charge in [0.25, 0.3) is 0 Å². The number of amides is 5. The molecule has 3 aliphatic heterocycles. The predicted octanol–water partition coefficient (Wildman–Crippen LogP) is 3.74.